The van der Waals surface area contributed by atoms with Crippen molar-refractivity contribution in [2.24, 2.45) is 23.2 Å². The highest BCUT2D eigenvalue weighted by Gasteiger charge is 2.69. The third-order valence-electron chi connectivity index (χ3n) is 5.99. The van der Waals surface area contributed by atoms with Crippen LogP contribution in [0.1, 0.15) is 25.7 Å². The predicted octanol–water partition coefficient (Wildman–Crippen LogP) is 1.94. The molecule has 0 aromatic carbocycles. The Labute approximate surface area is 119 Å². The molecule has 1 heterocycles. The van der Waals surface area contributed by atoms with Crippen molar-refractivity contribution in [1.29, 1.82) is 0 Å². The minimum Gasteiger partial charge on any atom is -0.460 e. The summed E-state index contributed by atoms with van der Waals surface area (Å²) in [5.74, 6) is 2.14. The number of rotatable bonds is 6. The first kappa shape index (κ1) is 12.8. The lowest BCUT2D eigenvalue weighted by Gasteiger charge is -2.36. The van der Waals surface area contributed by atoms with E-state index in [1.165, 1.54) is 31.8 Å². The number of carbonyl (C=O) groups is 1. The van der Waals surface area contributed by atoms with Crippen molar-refractivity contribution in [1.82, 2.24) is 0 Å². The van der Waals surface area contributed by atoms with E-state index in [4.69, 9.17) is 14.2 Å². The highest BCUT2D eigenvalue weighted by molar-refractivity contribution is 5.81. The van der Waals surface area contributed by atoms with Gasteiger partial charge in [-0.15, -0.1) is 0 Å². The van der Waals surface area contributed by atoms with Gasteiger partial charge in [0, 0.05) is 6.08 Å². The third-order valence-corrected chi connectivity index (χ3v) is 5.99. The molecule has 1 saturated heterocycles. The second-order valence-electron chi connectivity index (χ2n) is 6.85. The average Bonchev–Trinajstić information content (AvgIpc) is 2.85. The number of esters is 1. The van der Waals surface area contributed by atoms with E-state index in [2.05, 4.69) is 6.58 Å². The fourth-order valence-electron chi connectivity index (χ4n) is 5.21. The van der Waals surface area contributed by atoms with Crippen LogP contribution in [-0.2, 0) is 19.0 Å². The zero-order valence-corrected chi connectivity index (χ0v) is 11.8. The van der Waals surface area contributed by atoms with Crippen molar-refractivity contribution in [2.75, 3.05) is 19.8 Å². The van der Waals surface area contributed by atoms with Crippen LogP contribution >= 0.6 is 0 Å². The number of epoxide rings is 1. The Morgan fingerprint density at radius 3 is 3.20 bits per heavy atom. The highest BCUT2D eigenvalue weighted by Crippen LogP contribution is 2.69. The first-order chi connectivity index (χ1) is 9.73. The molecule has 2 bridgehead atoms. The van der Waals surface area contributed by atoms with Gasteiger partial charge in [-0.3, -0.25) is 0 Å². The van der Waals surface area contributed by atoms with Crippen LogP contribution in [0.4, 0.5) is 0 Å². The van der Waals surface area contributed by atoms with E-state index >= 15 is 0 Å². The van der Waals surface area contributed by atoms with Crippen LogP contribution in [0, 0.1) is 23.2 Å². The van der Waals surface area contributed by atoms with Gasteiger partial charge in [0.2, 0.25) is 0 Å². The van der Waals surface area contributed by atoms with Gasteiger partial charge in [-0.1, -0.05) is 6.58 Å². The minimum atomic E-state index is -0.373. The molecule has 0 aromatic heterocycles. The number of hydrogen-bond acceptors (Lipinski definition) is 4. The van der Waals surface area contributed by atoms with E-state index in [1.54, 1.807) is 0 Å². The normalized spacial score (nSPS) is 46.9. The summed E-state index contributed by atoms with van der Waals surface area (Å²) in [6.07, 6.45) is 7.57. The summed E-state index contributed by atoms with van der Waals surface area (Å²) in [5, 5.41) is 0. The molecule has 0 spiro atoms. The lowest BCUT2D eigenvalue weighted by molar-refractivity contribution is -0.139. The maximum atomic E-state index is 10.9. The number of ether oxygens (including phenoxy) is 3. The average molecular weight is 278 g/mol. The molecule has 0 N–H and O–H groups in total. The Morgan fingerprint density at radius 1 is 1.45 bits per heavy atom. The lowest BCUT2D eigenvalue weighted by atomic mass is 9.71. The van der Waals surface area contributed by atoms with Gasteiger partial charge in [-0.25, -0.2) is 4.79 Å². The summed E-state index contributed by atoms with van der Waals surface area (Å²) >= 11 is 0. The zero-order valence-electron chi connectivity index (χ0n) is 11.8. The van der Waals surface area contributed by atoms with E-state index in [-0.39, 0.29) is 5.97 Å². The summed E-state index contributed by atoms with van der Waals surface area (Å²) in [4.78, 5) is 10.9. The smallest absolute Gasteiger partial charge is 0.330 e. The molecule has 1 aliphatic heterocycles. The van der Waals surface area contributed by atoms with Gasteiger partial charge in [0.15, 0.2) is 0 Å². The Morgan fingerprint density at radius 2 is 2.35 bits per heavy atom. The predicted molar refractivity (Wildman–Crippen MR) is 72.0 cm³/mol. The molecule has 0 aromatic rings. The van der Waals surface area contributed by atoms with Gasteiger partial charge >= 0.3 is 5.97 Å². The van der Waals surface area contributed by atoms with Gasteiger partial charge < -0.3 is 14.2 Å². The van der Waals surface area contributed by atoms with Crippen LogP contribution in [0.25, 0.3) is 0 Å². The van der Waals surface area contributed by atoms with Crippen LogP contribution < -0.4 is 0 Å². The Hall–Kier alpha value is -0.870. The molecule has 4 fully saturated rings. The summed E-state index contributed by atoms with van der Waals surface area (Å²) in [6, 6.07) is 0. The molecule has 3 aliphatic carbocycles. The van der Waals surface area contributed by atoms with E-state index in [9.17, 15) is 4.79 Å². The van der Waals surface area contributed by atoms with Crippen LogP contribution in [-0.4, -0.2) is 38.0 Å². The molecular weight excluding hydrogens is 256 g/mol. The first-order valence-corrected chi connectivity index (χ1v) is 7.76. The molecule has 6 unspecified atom stereocenters. The maximum Gasteiger partial charge on any atom is 0.330 e. The summed E-state index contributed by atoms with van der Waals surface area (Å²) in [7, 11) is 0. The molecule has 4 nitrogen and oxygen atoms in total. The summed E-state index contributed by atoms with van der Waals surface area (Å²) in [5.41, 5.74) is 0.397. The second-order valence-corrected chi connectivity index (χ2v) is 6.85. The fourth-order valence-corrected chi connectivity index (χ4v) is 5.21. The minimum absolute atomic E-state index is 0.326. The molecular formula is C16H22O4. The lowest BCUT2D eigenvalue weighted by Crippen LogP contribution is -2.34. The summed E-state index contributed by atoms with van der Waals surface area (Å²) in [6.45, 7) is 5.02. The van der Waals surface area contributed by atoms with Gasteiger partial charge in [-0.05, 0) is 48.9 Å². The molecule has 4 heteroatoms. The van der Waals surface area contributed by atoms with E-state index in [1.807, 2.05) is 0 Å². The van der Waals surface area contributed by atoms with Crippen LogP contribution in [0.2, 0.25) is 0 Å². The zero-order chi connectivity index (χ0) is 13.7. The molecule has 0 amide bonds. The van der Waals surface area contributed by atoms with Gasteiger partial charge in [0.1, 0.15) is 6.61 Å². The molecule has 110 valence electrons. The third kappa shape index (κ3) is 1.85. The SMILES string of the molecule is C=CC(=O)OCCOCC12CCC(C1)C1C3OC3CC12. The molecule has 0 radical (unpaired) electrons. The van der Waals surface area contributed by atoms with Crippen molar-refractivity contribution in [3.63, 3.8) is 0 Å². The van der Waals surface area contributed by atoms with Crippen LogP contribution in [0.5, 0.6) is 0 Å². The number of hydrogen-bond donors (Lipinski definition) is 0. The Bertz CT molecular complexity index is 434. The van der Waals surface area contributed by atoms with Crippen LogP contribution in [0.3, 0.4) is 0 Å². The van der Waals surface area contributed by atoms with Gasteiger partial charge in [0.25, 0.3) is 0 Å². The fraction of sp³-hybridized carbons (Fsp3) is 0.812. The van der Waals surface area contributed by atoms with E-state index in [0.717, 1.165) is 24.4 Å². The first-order valence-electron chi connectivity index (χ1n) is 7.76. The van der Waals surface area contributed by atoms with Gasteiger partial charge in [0.05, 0.1) is 25.4 Å². The molecule has 4 rings (SSSR count). The second kappa shape index (κ2) is 4.57. The largest absolute Gasteiger partial charge is 0.460 e. The standard InChI is InChI=1S/C16H22O4/c1-2-13(17)19-6-5-18-9-16-4-3-10(8-16)14-11(16)7-12-15(14)20-12/h2,10-12,14-15H,1,3-9H2. The molecule has 20 heavy (non-hydrogen) atoms. The topological polar surface area (TPSA) is 48.1 Å². The van der Waals surface area contributed by atoms with Crippen molar-refractivity contribution in [3.05, 3.63) is 12.7 Å². The molecule has 3 saturated carbocycles. The van der Waals surface area contributed by atoms with E-state index in [0.29, 0.717) is 30.8 Å². The van der Waals surface area contributed by atoms with Crippen LogP contribution in [0.15, 0.2) is 12.7 Å². The number of carbonyl (C=O) groups excluding carboxylic acids is 1. The number of fused-ring (bicyclic) bond motifs is 7. The van der Waals surface area contributed by atoms with Crippen molar-refractivity contribution >= 4 is 5.97 Å². The van der Waals surface area contributed by atoms with Gasteiger partial charge in [-0.2, -0.15) is 0 Å². The molecule has 6 atom stereocenters. The highest BCUT2D eigenvalue weighted by atomic mass is 16.6. The van der Waals surface area contributed by atoms with E-state index < -0.39 is 0 Å². The Balaban J connectivity index is 1.28. The van der Waals surface area contributed by atoms with Crippen molar-refractivity contribution in [2.45, 2.75) is 37.9 Å². The van der Waals surface area contributed by atoms with Crippen molar-refractivity contribution < 1.29 is 19.0 Å². The van der Waals surface area contributed by atoms with Crippen molar-refractivity contribution in [3.8, 4) is 0 Å². The maximum absolute atomic E-state index is 10.9. The Kier molecular flexibility index (Phi) is 2.93. The quantitative estimate of drug-likeness (QED) is 0.322. The molecule has 4 aliphatic rings. The summed E-state index contributed by atoms with van der Waals surface area (Å²) < 4.78 is 16.5. The monoisotopic (exact) mass is 278 g/mol.